The second-order valence-electron chi connectivity index (χ2n) is 14.1. The molecule has 15 nitrogen and oxygen atoms in total. The molecule has 1 aliphatic rings. The van der Waals surface area contributed by atoms with Crippen molar-refractivity contribution in [2.75, 3.05) is 48.5 Å². The third-order valence-electron chi connectivity index (χ3n) is 9.55. The van der Waals surface area contributed by atoms with Crippen LogP contribution in [0.1, 0.15) is 38.4 Å². The number of imidazole rings is 1. The van der Waals surface area contributed by atoms with E-state index in [9.17, 15) is 39.6 Å². The molecule has 61 heavy (non-hydrogen) atoms. The Bertz CT molecular complexity index is 2770. The summed E-state index contributed by atoms with van der Waals surface area (Å²) in [6.07, 6.45) is 4.12. The van der Waals surface area contributed by atoms with E-state index in [2.05, 4.69) is 25.7 Å². The summed E-state index contributed by atoms with van der Waals surface area (Å²) in [4.78, 5) is 37.9. The topological polar surface area (TPSA) is 188 Å². The van der Waals surface area contributed by atoms with E-state index in [1.165, 1.54) is 21.7 Å². The molecule has 4 heterocycles. The molecule has 0 fully saturated rings. The lowest BCUT2D eigenvalue weighted by atomic mass is 9.94. The van der Waals surface area contributed by atoms with Crippen LogP contribution in [0.15, 0.2) is 111 Å². The minimum Gasteiger partial charge on any atom is -0.380 e. The summed E-state index contributed by atoms with van der Waals surface area (Å²) in [5, 5.41) is 11.5. The molecule has 320 valence electrons. The van der Waals surface area contributed by atoms with Gasteiger partial charge in [-0.2, -0.15) is 18.3 Å². The summed E-state index contributed by atoms with van der Waals surface area (Å²) in [5.74, 6) is -0.931. The highest BCUT2D eigenvalue weighted by Gasteiger charge is 2.48. The second-order valence-corrected chi connectivity index (χ2v) is 19.7. The number of fused-ring (bicyclic) bond motifs is 2. The summed E-state index contributed by atoms with van der Waals surface area (Å²) in [7, 11) is -7.38. The molecular weight excluding hydrogens is 876 g/mol. The Kier molecular flexibility index (Phi) is 12.7. The van der Waals surface area contributed by atoms with Crippen molar-refractivity contribution in [3.05, 3.63) is 119 Å². The first-order valence-electron chi connectivity index (χ1n) is 18.5. The van der Waals surface area contributed by atoms with Crippen molar-refractivity contribution in [2.45, 2.75) is 45.6 Å². The zero-order chi connectivity index (χ0) is 43.5. The Hall–Kier alpha value is -5.55. The summed E-state index contributed by atoms with van der Waals surface area (Å²) >= 11 is 2.46. The molecule has 7 rings (SSSR count). The number of thioether (sulfide) groups is 1. The molecular formula is C39H38F3N9O6S4. The van der Waals surface area contributed by atoms with E-state index >= 15 is 0 Å². The number of anilines is 3. The molecule has 0 saturated carbocycles. The van der Waals surface area contributed by atoms with Gasteiger partial charge in [-0.3, -0.25) is 9.59 Å². The van der Waals surface area contributed by atoms with Crippen molar-refractivity contribution in [3.8, 4) is 0 Å². The number of sulfonamides is 1. The molecule has 0 radical (unpaired) electrons. The van der Waals surface area contributed by atoms with E-state index in [4.69, 9.17) is 0 Å². The maximum absolute atomic E-state index is 14.1. The van der Waals surface area contributed by atoms with Gasteiger partial charge in [-0.15, -0.1) is 23.1 Å². The summed E-state index contributed by atoms with van der Waals surface area (Å²) in [6, 6.07) is 19.8. The fourth-order valence-corrected chi connectivity index (χ4v) is 10.3. The Morgan fingerprint density at radius 3 is 2.49 bits per heavy atom. The number of alkyl halides is 3. The minimum atomic E-state index is -6.08. The molecule has 6 aromatic rings. The van der Waals surface area contributed by atoms with Gasteiger partial charge in [0, 0.05) is 46.9 Å². The second kappa shape index (κ2) is 17.8. The maximum Gasteiger partial charge on any atom is 0.501 e. The van der Waals surface area contributed by atoms with E-state index in [0.29, 0.717) is 59.9 Å². The third-order valence-corrected chi connectivity index (χ3v) is 14.5. The lowest BCUT2D eigenvalue weighted by Gasteiger charge is -2.29. The number of rotatable bonds is 15. The van der Waals surface area contributed by atoms with E-state index < -0.39 is 58.7 Å². The maximum atomic E-state index is 14.1. The zero-order valence-corrected chi connectivity index (χ0v) is 35.7. The number of aromatic nitrogens is 4. The number of benzene rings is 3. The van der Waals surface area contributed by atoms with Crippen LogP contribution in [0, 0.1) is 0 Å². The largest absolute Gasteiger partial charge is 0.501 e. The van der Waals surface area contributed by atoms with Crippen molar-refractivity contribution in [1.82, 2.24) is 29.2 Å². The SMILES string of the molecule is CN(C)CC[C@H](CSc1ccccc1)Nc1ccc(S(=O)(=O)NC(=O)c2csc(N3CCc4cccc(C(=O)Nc5cn6ncccc6n5)c4C3)n2)cc1S(=O)(=O)C(F)(F)F. The molecule has 3 aromatic carbocycles. The van der Waals surface area contributed by atoms with Crippen LogP contribution in [0.2, 0.25) is 0 Å². The van der Waals surface area contributed by atoms with Crippen LogP contribution in [0.4, 0.5) is 29.8 Å². The van der Waals surface area contributed by atoms with Gasteiger partial charge in [0.15, 0.2) is 16.6 Å². The van der Waals surface area contributed by atoms with Gasteiger partial charge in [0.05, 0.1) is 16.8 Å². The van der Waals surface area contributed by atoms with Gasteiger partial charge in [0.1, 0.15) is 10.6 Å². The first-order chi connectivity index (χ1) is 29.0. The molecule has 0 spiro atoms. The van der Waals surface area contributed by atoms with Crippen molar-refractivity contribution < 1.29 is 39.6 Å². The number of carbonyl (C=O) groups is 2. The molecule has 22 heteroatoms. The van der Waals surface area contributed by atoms with E-state index in [1.54, 1.807) is 36.7 Å². The van der Waals surface area contributed by atoms with Crippen LogP contribution >= 0.6 is 23.1 Å². The van der Waals surface area contributed by atoms with Gasteiger partial charge in [0.2, 0.25) is 0 Å². The lowest BCUT2D eigenvalue weighted by molar-refractivity contribution is -0.0436. The van der Waals surface area contributed by atoms with E-state index in [-0.39, 0.29) is 12.2 Å². The number of halogens is 3. The standard InChI is InChI=1S/C39H38F3N9O6S4/c1-49(2)18-16-26(23-58-27-9-4-3-5-10-27)44-31-14-13-28(20-33(31)60(54,55)39(40,41)42)61(56,57)48-37(53)32-24-59-38(45-32)50-19-15-25-8-6-11-29(30(25)21-50)36(52)47-34-22-51-35(46-34)12-7-17-43-51/h3-14,17,20,22,24,26,44H,15-16,18-19,21,23H2,1-2H3,(H,47,52)(H,48,53)/t26-/m1/s1. The molecule has 0 saturated heterocycles. The number of nitrogens with zero attached hydrogens (tertiary/aromatic N) is 6. The van der Waals surface area contributed by atoms with Gasteiger partial charge in [-0.25, -0.2) is 36.0 Å². The monoisotopic (exact) mass is 913 g/mol. The molecule has 0 bridgehead atoms. The highest BCUT2D eigenvalue weighted by molar-refractivity contribution is 7.99. The van der Waals surface area contributed by atoms with Crippen molar-refractivity contribution >= 4 is 77.1 Å². The zero-order valence-electron chi connectivity index (χ0n) is 32.5. The number of sulfone groups is 1. The summed E-state index contributed by atoms with van der Waals surface area (Å²) in [6.45, 7) is 1.20. The first kappa shape index (κ1) is 43.5. The number of thiazole rings is 1. The van der Waals surface area contributed by atoms with Gasteiger partial charge in [-0.1, -0.05) is 30.3 Å². The number of hydrogen-bond donors (Lipinski definition) is 3. The Balaban J connectivity index is 1.08. The number of carbonyl (C=O) groups excluding carboxylic acids is 2. The number of hydrogen-bond acceptors (Lipinski definition) is 14. The van der Waals surface area contributed by atoms with Crippen LogP contribution < -0.4 is 20.3 Å². The smallest absolute Gasteiger partial charge is 0.380 e. The van der Waals surface area contributed by atoms with Crippen LogP contribution in [0.5, 0.6) is 0 Å². The van der Waals surface area contributed by atoms with Gasteiger partial charge < -0.3 is 20.4 Å². The predicted octanol–water partition coefficient (Wildman–Crippen LogP) is 5.94. The third kappa shape index (κ3) is 9.99. The van der Waals surface area contributed by atoms with E-state index in [0.717, 1.165) is 39.5 Å². The number of nitrogens with one attached hydrogen (secondary N) is 3. The summed E-state index contributed by atoms with van der Waals surface area (Å²) in [5.41, 5.74) is -3.91. The van der Waals surface area contributed by atoms with Crippen molar-refractivity contribution in [3.63, 3.8) is 0 Å². The normalized spacial score (nSPS) is 13.8. The molecule has 0 unspecified atom stereocenters. The molecule has 1 aliphatic heterocycles. The highest BCUT2D eigenvalue weighted by atomic mass is 32.2. The average Bonchev–Trinajstić information content (AvgIpc) is 3.89. The average molecular weight is 914 g/mol. The molecule has 3 N–H and O–H groups in total. The molecule has 3 aromatic heterocycles. The first-order valence-corrected chi connectivity index (χ1v) is 23.4. The lowest BCUT2D eigenvalue weighted by Crippen LogP contribution is -2.33. The Morgan fingerprint density at radius 1 is 0.967 bits per heavy atom. The van der Waals surface area contributed by atoms with Gasteiger partial charge in [-0.05, 0) is 93.1 Å². The molecule has 2 amide bonds. The summed E-state index contributed by atoms with van der Waals surface area (Å²) < 4.78 is 98.4. The van der Waals surface area contributed by atoms with E-state index in [1.807, 2.05) is 65.0 Å². The van der Waals surface area contributed by atoms with Gasteiger partial charge >= 0.3 is 5.51 Å². The molecule has 1 atom stereocenters. The van der Waals surface area contributed by atoms with Gasteiger partial charge in [0.25, 0.3) is 31.7 Å². The van der Waals surface area contributed by atoms with Crippen molar-refractivity contribution in [1.29, 1.82) is 0 Å². The fraction of sp³-hybridized carbons (Fsp3) is 0.256. The Labute approximate surface area is 357 Å². The van der Waals surface area contributed by atoms with Crippen LogP contribution in [0.25, 0.3) is 5.65 Å². The van der Waals surface area contributed by atoms with Crippen molar-refractivity contribution in [2.24, 2.45) is 0 Å². The fourth-order valence-electron chi connectivity index (χ4n) is 6.46. The van der Waals surface area contributed by atoms with Crippen LogP contribution in [-0.4, -0.2) is 97.6 Å². The predicted molar refractivity (Wildman–Crippen MR) is 226 cm³/mol. The van der Waals surface area contributed by atoms with Crippen LogP contribution in [0.3, 0.4) is 0 Å². The Morgan fingerprint density at radius 2 is 1.75 bits per heavy atom. The quantitative estimate of drug-likeness (QED) is 0.103. The minimum absolute atomic E-state index is 0.232. The highest BCUT2D eigenvalue weighted by Crippen LogP contribution is 2.37. The number of amides is 2. The molecule has 0 aliphatic carbocycles. The van der Waals surface area contributed by atoms with Crippen LogP contribution in [-0.2, 0) is 32.8 Å².